The molecular weight excluding hydrogens is 286 g/mol. The molecule has 0 aliphatic carbocycles. The van der Waals surface area contributed by atoms with Crippen LogP contribution in [0.2, 0.25) is 0 Å². The fourth-order valence-electron chi connectivity index (χ4n) is 2.11. The summed E-state index contributed by atoms with van der Waals surface area (Å²) in [7, 11) is -3.65. The summed E-state index contributed by atoms with van der Waals surface area (Å²) >= 11 is 0. The van der Waals surface area contributed by atoms with Crippen LogP contribution in [-0.2, 0) is 16.4 Å². The Hall–Kier alpha value is -1.85. The summed E-state index contributed by atoms with van der Waals surface area (Å²) in [4.78, 5) is 0.217. The zero-order valence-corrected chi connectivity index (χ0v) is 12.6. The first kappa shape index (κ1) is 15.5. The highest BCUT2D eigenvalue weighted by Gasteiger charge is 2.12. The summed E-state index contributed by atoms with van der Waals surface area (Å²) in [5, 5.41) is 5.21. The second-order valence-electron chi connectivity index (χ2n) is 4.77. The first-order valence-corrected chi connectivity index (χ1v) is 8.40. The van der Waals surface area contributed by atoms with Crippen LogP contribution in [0.3, 0.4) is 0 Å². The molecule has 0 heterocycles. The molecule has 0 saturated heterocycles. The van der Waals surface area contributed by atoms with Crippen molar-refractivity contribution in [3.8, 4) is 5.75 Å². The van der Waals surface area contributed by atoms with E-state index in [1.807, 2.05) is 36.4 Å². The minimum atomic E-state index is -3.65. The van der Waals surface area contributed by atoms with Gasteiger partial charge in [0.1, 0.15) is 5.75 Å². The van der Waals surface area contributed by atoms with E-state index in [4.69, 9.17) is 9.88 Å². The molecule has 2 aromatic carbocycles. The summed E-state index contributed by atoms with van der Waals surface area (Å²) in [5.41, 5.74) is 0.764. The van der Waals surface area contributed by atoms with E-state index in [1.165, 1.54) is 0 Å². The van der Waals surface area contributed by atoms with Crippen molar-refractivity contribution in [2.75, 3.05) is 6.61 Å². The Balaban J connectivity index is 1.82. The van der Waals surface area contributed by atoms with Crippen molar-refractivity contribution >= 4 is 10.0 Å². The van der Waals surface area contributed by atoms with Crippen LogP contribution in [0.15, 0.2) is 59.5 Å². The van der Waals surface area contributed by atoms with E-state index >= 15 is 0 Å². The summed E-state index contributed by atoms with van der Waals surface area (Å²) in [6.07, 6.45) is 2.37. The lowest BCUT2D eigenvalue weighted by Crippen LogP contribution is -2.14. The van der Waals surface area contributed by atoms with Crippen molar-refractivity contribution in [3.63, 3.8) is 0 Å². The molecule has 0 spiro atoms. The van der Waals surface area contributed by atoms with E-state index in [0.717, 1.165) is 24.2 Å². The lowest BCUT2D eigenvalue weighted by Gasteiger charge is -2.08. The molecule has 0 radical (unpaired) electrons. The second kappa shape index (κ2) is 7.24. The predicted octanol–water partition coefficient (Wildman–Crippen LogP) is 2.74. The molecule has 0 fully saturated rings. The average molecular weight is 305 g/mol. The summed E-state index contributed by atoms with van der Waals surface area (Å²) in [6, 6.07) is 16.5. The fraction of sp³-hybridized carbons (Fsp3) is 0.250. The third kappa shape index (κ3) is 4.88. The summed E-state index contributed by atoms with van der Waals surface area (Å²) in [5.74, 6) is 0.849. The number of benzene rings is 2. The zero-order valence-electron chi connectivity index (χ0n) is 11.7. The lowest BCUT2D eigenvalue weighted by atomic mass is 10.1. The number of unbranched alkanes of at least 4 members (excludes halogenated alkanes) is 1. The summed E-state index contributed by atoms with van der Waals surface area (Å²) in [6.45, 7) is 0.613. The Bertz CT molecular complexity index is 669. The number of ether oxygens (including phenoxy) is 1. The standard InChI is InChI=1S/C16H19NO3S/c17-21(18,19)16-12-5-4-8-14(16)9-6-7-13-20-15-10-2-1-3-11-15/h1-5,8,10-12H,6-7,9,13H2,(H2,17,18,19). The van der Waals surface area contributed by atoms with Gasteiger partial charge in [-0.25, -0.2) is 13.6 Å². The van der Waals surface area contributed by atoms with Crippen molar-refractivity contribution in [3.05, 3.63) is 60.2 Å². The Morgan fingerprint density at radius 1 is 0.905 bits per heavy atom. The van der Waals surface area contributed by atoms with Gasteiger partial charge in [-0.05, 0) is 43.0 Å². The Kier molecular flexibility index (Phi) is 5.36. The van der Waals surface area contributed by atoms with Gasteiger partial charge in [0.05, 0.1) is 11.5 Å². The van der Waals surface area contributed by atoms with E-state index in [0.29, 0.717) is 13.0 Å². The Labute approximate surface area is 125 Å². The molecule has 2 aromatic rings. The molecule has 2 rings (SSSR count). The van der Waals surface area contributed by atoms with Crippen LogP contribution in [0.4, 0.5) is 0 Å². The third-order valence-corrected chi connectivity index (χ3v) is 4.14. The fourth-order valence-corrected chi connectivity index (χ4v) is 2.92. The molecule has 2 N–H and O–H groups in total. The molecule has 4 nitrogen and oxygen atoms in total. The molecule has 0 aromatic heterocycles. The number of hydrogen-bond acceptors (Lipinski definition) is 3. The smallest absolute Gasteiger partial charge is 0.238 e. The minimum absolute atomic E-state index is 0.217. The Morgan fingerprint density at radius 3 is 2.29 bits per heavy atom. The predicted molar refractivity (Wildman–Crippen MR) is 82.7 cm³/mol. The van der Waals surface area contributed by atoms with Gasteiger partial charge in [0.2, 0.25) is 10.0 Å². The van der Waals surface area contributed by atoms with Crippen molar-refractivity contribution in [1.29, 1.82) is 0 Å². The van der Waals surface area contributed by atoms with Gasteiger partial charge in [-0.3, -0.25) is 0 Å². The van der Waals surface area contributed by atoms with Crippen molar-refractivity contribution < 1.29 is 13.2 Å². The largest absolute Gasteiger partial charge is 0.494 e. The molecule has 0 saturated carbocycles. The van der Waals surface area contributed by atoms with Crippen LogP contribution in [0.25, 0.3) is 0 Å². The summed E-state index contributed by atoms with van der Waals surface area (Å²) < 4.78 is 28.6. The molecule has 0 bridgehead atoms. The van der Waals surface area contributed by atoms with Crippen LogP contribution < -0.4 is 9.88 Å². The third-order valence-electron chi connectivity index (χ3n) is 3.13. The van der Waals surface area contributed by atoms with E-state index in [2.05, 4.69) is 0 Å². The molecule has 0 atom stereocenters. The monoisotopic (exact) mass is 305 g/mol. The van der Waals surface area contributed by atoms with Crippen LogP contribution in [0.5, 0.6) is 5.75 Å². The van der Waals surface area contributed by atoms with Gasteiger partial charge >= 0.3 is 0 Å². The van der Waals surface area contributed by atoms with Crippen molar-refractivity contribution in [2.24, 2.45) is 5.14 Å². The number of rotatable bonds is 7. The normalized spacial score (nSPS) is 11.3. The molecule has 112 valence electrons. The first-order chi connectivity index (χ1) is 10.1. The maximum atomic E-state index is 11.5. The van der Waals surface area contributed by atoms with Gasteiger partial charge in [0, 0.05) is 0 Å². The molecule has 0 unspecified atom stereocenters. The molecular formula is C16H19NO3S. The zero-order chi connectivity index (χ0) is 15.1. The van der Waals surface area contributed by atoms with E-state index in [9.17, 15) is 8.42 Å². The highest BCUT2D eigenvalue weighted by atomic mass is 32.2. The topological polar surface area (TPSA) is 69.4 Å². The number of primary sulfonamides is 1. The number of sulfonamides is 1. The van der Waals surface area contributed by atoms with Gasteiger partial charge < -0.3 is 4.74 Å². The van der Waals surface area contributed by atoms with Crippen LogP contribution >= 0.6 is 0 Å². The van der Waals surface area contributed by atoms with Gasteiger partial charge in [0.15, 0.2) is 0 Å². The van der Waals surface area contributed by atoms with E-state index in [-0.39, 0.29) is 4.90 Å². The van der Waals surface area contributed by atoms with Gasteiger partial charge in [-0.1, -0.05) is 36.4 Å². The molecule has 5 heteroatoms. The minimum Gasteiger partial charge on any atom is -0.494 e. The van der Waals surface area contributed by atoms with Crippen LogP contribution in [0.1, 0.15) is 18.4 Å². The number of hydrogen-bond donors (Lipinski definition) is 1. The molecule has 0 aliphatic rings. The maximum Gasteiger partial charge on any atom is 0.238 e. The van der Waals surface area contributed by atoms with Crippen LogP contribution in [-0.4, -0.2) is 15.0 Å². The quantitative estimate of drug-likeness (QED) is 0.800. The average Bonchev–Trinajstić information content (AvgIpc) is 2.47. The van der Waals surface area contributed by atoms with E-state index < -0.39 is 10.0 Å². The number of aryl methyl sites for hydroxylation is 1. The van der Waals surface area contributed by atoms with Gasteiger partial charge in [0.25, 0.3) is 0 Å². The lowest BCUT2D eigenvalue weighted by molar-refractivity contribution is 0.307. The first-order valence-electron chi connectivity index (χ1n) is 6.86. The number of para-hydroxylation sites is 1. The second-order valence-corrected chi connectivity index (χ2v) is 6.30. The molecule has 0 aliphatic heterocycles. The van der Waals surface area contributed by atoms with Crippen molar-refractivity contribution in [2.45, 2.75) is 24.2 Å². The van der Waals surface area contributed by atoms with Crippen LogP contribution in [0, 0.1) is 0 Å². The van der Waals surface area contributed by atoms with Gasteiger partial charge in [-0.2, -0.15) is 0 Å². The maximum absolute atomic E-state index is 11.5. The molecule has 0 amide bonds. The highest BCUT2D eigenvalue weighted by molar-refractivity contribution is 7.89. The number of nitrogens with two attached hydrogens (primary N) is 1. The van der Waals surface area contributed by atoms with Crippen molar-refractivity contribution in [1.82, 2.24) is 0 Å². The Morgan fingerprint density at radius 2 is 1.57 bits per heavy atom. The SMILES string of the molecule is NS(=O)(=O)c1ccccc1CCCCOc1ccccc1. The highest BCUT2D eigenvalue weighted by Crippen LogP contribution is 2.16. The van der Waals surface area contributed by atoms with Gasteiger partial charge in [-0.15, -0.1) is 0 Å². The van der Waals surface area contributed by atoms with E-state index in [1.54, 1.807) is 18.2 Å². The molecule has 21 heavy (non-hydrogen) atoms.